The van der Waals surface area contributed by atoms with Crippen LogP contribution in [0.3, 0.4) is 0 Å². The number of sulfonamides is 1. The third-order valence-corrected chi connectivity index (χ3v) is 6.49. The normalized spacial score (nSPS) is 21.3. The number of nitrogens with zero attached hydrogens (tertiary/aromatic N) is 2. The van der Waals surface area contributed by atoms with Crippen LogP contribution in [-0.2, 0) is 10.0 Å². The molecule has 2 rings (SSSR count). The van der Waals surface area contributed by atoms with Crippen molar-refractivity contribution in [3.63, 3.8) is 0 Å². The zero-order chi connectivity index (χ0) is 13.9. The van der Waals surface area contributed by atoms with Gasteiger partial charge in [-0.3, -0.25) is 4.98 Å². The molecule has 0 saturated carbocycles. The molecule has 0 radical (unpaired) electrons. The van der Waals surface area contributed by atoms with Crippen molar-refractivity contribution in [1.29, 1.82) is 0 Å². The molecule has 1 aliphatic rings. The monoisotopic (exact) mass is 301 g/mol. The minimum absolute atomic E-state index is 0.263. The van der Waals surface area contributed by atoms with Gasteiger partial charge in [0, 0.05) is 43.5 Å². The van der Waals surface area contributed by atoms with Crippen LogP contribution in [0.15, 0.2) is 23.4 Å². The van der Waals surface area contributed by atoms with Crippen molar-refractivity contribution < 1.29 is 8.42 Å². The maximum atomic E-state index is 12.7. The summed E-state index contributed by atoms with van der Waals surface area (Å²) in [6.45, 7) is 3.25. The van der Waals surface area contributed by atoms with Gasteiger partial charge >= 0.3 is 0 Å². The van der Waals surface area contributed by atoms with E-state index in [-0.39, 0.29) is 4.90 Å². The lowest BCUT2D eigenvalue weighted by Gasteiger charge is -2.31. The quantitative estimate of drug-likeness (QED) is 0.916. The maximum Gasteiger partial charge on any atom is 0.246 e. The van der Waals surface area contributed by atoms with Crippen molar-refractivity contribution in [2.24, 2.45) is 0 Å². The Kier molecular flexibility index (Phi) is 4.70. The topological polar surface area (TPSA) is 62.3 Å². The molecule has 0 bridgehead atoms. The standard InChI is InChI=1S/C12H19N3O2S2/c1-3-10-9-15(6-7-18-10)19(16,17)12-8-14-5-4-11(12)13-2/h4-5,8,10H,3,6-7,9H2,1-2H3,(H,13,14). The predicted octanol–water partition coefficient (Wildman–Crippen LogP) is 1.64. The van der Waals surface area contributed by atoms with Crippen molar-refractivity contribution in [2.75, 3.05) is 31.2 Å². The minimum Gasteiger partial charge on any atom is -0.387 e. The van der Waals surface area contributed by atoms with Crippen LogP contribution in [0.5, 0.6) is 0 Å². The first-order chi connectivity index (χ1) is 9.09. The van der Waals surface area contributed by atoms with E-state index in [9.17, 15) is 8.42 Å². The first kappa shape index (κ1) is 14.6. The number of anilines is 1. The van der Waals surface area contributed by atoms with Crippen molar-refractivity contribution in [3.05, 3.63) is 18.5 Å². The maximum absolute atomic E-state index is 12.7. The molecule has 1 aromatic heterocycles. The third-order valence-electron chi connectivity index (χ3n) is 3.23. The predicted molar refractivity (Wildman–Crippen MR) is 79.1 cm³/mol. The summed E-state index contributed by atoms with van der Waals surface area (Å²) in [4.78, 5) is 4.21. The summed E-state index contributed by atoms with van der Waals surface area (Å²) in [7, 11) is -1.74. The Bertz CT molecular complexity index is 534. The molecule has 0 aromatic carbocycles. The number of pyridine rings is 1. The van der Waals surface area contributed by atoms with E-state index in [4.69, 9.17) is 0 Å². The van der Waals surface area contributed by atoms with Gasteiger partial charge in [0.2, 0.25) is 10.0 Å². The average molecular weight is 301 g/mol. The van der Waals surface area contributed by atoms with Crippen molar-refractivity contribution in [1.82, 2.24) is 9.29 Å². The van der Waals surface area contributed by atoms with Crippen molar-refractivity contribution in [2.45, 2.75) is 23.5 Å². The van der Waals surface area contributed by atoms with Gasteiger partial charge < -0.3 is 5.32 Å². The average Bonchev–Trinajstić information content (AvgIpc) is 2.47. The Morgan fingerprint density at radius 3 is 3.05 bits per heavy atom. The highest BCUT2D eigenvalue weighted by Crippen LogP contribution is 2.28. The van der Waals surface area contributed by atoms with Crippen LogP contribution in [-0.4, -0.2) is 48.8 Å². The molecular weight excluding hydrogens is 282 g/mol. The van der Waals surface area contributed by atoms with Gasteiger partial charge in [-0.1, -0.05) is 6.92 Å². The van der Waals surface area contributed by atoms with E-state index in [1.807, 2.05) is 11.8 Å². The highest BCUT2D eigenvalue weighted by atomic mass is 32.2. The molecule has 7 heteroatoms. The second-order valence-electron chi connectivity index (χ2n) is 4.39. The van der Waals surface area contributed by atoms with Crippen molar-refractivity contribution >= 4 is 27.5 Å². The third kappa shape index (κ3) is 3.04. The summed E-state index contributed by atoms with van der Waals surface area (Å²) >= 11 is 1.85. The highest BCUT2D eigenvalue weighted by molar-refractivity contribution is 8.00. The lowest BCUT2D eigenvalue weighted by atomic mass is 10.3. The molecule has 19 heavy (non-hydrogen) atoms. The van der Waals surface area contributed by atoms with E-state index in [0.717, 1.165) is 12.2 Å². The number of thioether (sulfide) groups is 1. The van der Waals surface area contributed by atoms with Crippen molar-refractivity contribution in [3.8, 4) is 0 Å². The van der Waals surface area contributed by atoms with Gasteiger partial charge in [0.1, 0.15) is 4.90 Å². The molecule has 5 nitrogen and oxygen atoms in total. The van der Waals surface area contributed by atoms with E-state index in [0.29, 0.717) is 24.0 Å². The molecule has 1 aliphatic heterocycles. The zero-order valence-electron chi connectivity index (χ0n) is 11.2. The number of hydrogen-bond donors (Lipinski definition) is 1. The molecule has 1 saturated heterocycles. The number of hydrogen-bond acceptors (Lipinski definition) is 5. The fourth-order valence-corrected chi connectivity index (χ4v) is 5.11. The fraction of sp³-hybridized carbons (Fsp3) is 0.583. The first-order valence-electron chi connectivity index (χ1n) is 6.33. The van der Waals surface area contributed by atoms with Gasteiger partial charge in [-0.25, -0.2) is 8.42 Å². The van der Waals surface area contributed by atoms with E-state index in [1.54, 1.807) is 23.6 Å². The number of aromatic nitrogens is 1. The Labute approximate surface area is 118 Å². The summed E-state index contributed by atoms with van der Waals surface area (Å²) in [5.74, 6) is 0.854. The summed E-state index contributed by atoms with van der Waals surface area (Å²) < 4.78 is 26.9. The van der Waals surface area contributed by atoms with E-state index >= 15 is 0 Å². The van der Waals surface area contributed by atoms with Crippen LogP contribution in [0, 0.1) is 0 Å². The van der Waals surface area contributed by atoms with Gasteiger partial charge in [-0.15, -0.1) is 0 Å². The summed E-state index contributed by atoms with van der Waals surface area (Å²) in [6, 6.07) is 1.68. The Hall–Kier alpha value is -0.790. The molecule has 0 spiro atoms. The van der Waals surface area contributed by atoms with Crippen LogP contribution in [0.25, 0.3) is 0 Å². The van der Waals surface area contributed by atoms with E-state index in [2.05, 4.69) is 17.2 Å². The van der Waals surface area contributed by atoms with E-state index < -0.39 is 10.0 Å². The summed E-state index contributed by atoms with van der Waals surface area (Å²) in [5.41, 5.74) is 0.598. The molecule has 1 aromatic rings. The lowest BCUT2D eigenvalue weighted by molar-refractivity contribution is 0.416. The van der Waals surface area contributed by atoms with Gasteiger partial charge in [0.05, 0.1) is 5.69 Å². The largest absolute Gasteiger partial charge is 0.387 e. The fourth-order valence-electron chi connectivity index (χ4n) is 2.09. The van der Waals surface area contributed by atoms with Gasteiger partial charge in [0.15, 0.2) is 0 Å². The summed E-state index contributed by atoms with van der Waals surface area (Å²) in [6.07, 6.45) is 4.00. The second kappa shape index (κ2) is 6.11. The first-order valence-corrected chi connectivity index (χ1v) is 8.82. The van der Waals surface area contributed by atoms with Gasteiger partial charge in [-0.05, 0) is 12.5 Å². The number of rotatable bonds is 4. The minimum atomic E-state index is -3.45. The second-order valence-corrected chi connectivity index (χ2v) is 7.70. The highest BCUT2D eigenvalue weighted by Gasteiger charge is 2.31. The van der Waals surface area contributed by atoms with Crippen LogP contribution in [0.1, 0.15) is 13.3 Å². The molecule has 1 fully saturated rings. The smallest absolute Gasteiger partial charge is 0.246 e. The van der Waals surface area contributed by atoms with E-state index in [1.165, 1.54) is 6.20 Å². The number of nitrogens with one attached hydrogen (secondary N) is 1. The van der Waals surface area contributed by atoms with Crippen LogP contribution >= 0.6 is 11.8 Å². The summed E-state index contributed by atoms with van der Waals surface area (Å²) in [5, 5.41) is 3.30. The Morgan fingerprint density at radius 2 is 2.37 bits per heavy atom. The Balaban J connectivity index is 2.31. The lowest BCUT2D eigenvalue weighted by Crippen LogP contribution is -2.41. The SMILES string of the molecule is CCC1CN(S(=O)(=O)c2cnccc2NC)CCS1. The van der Waals surface area contributed by atoms with Crippen LogP contribution in [0.4, 0.5) is 5.69 Å². The Morgan fingerprint density at radius 1 is 1.58 bits per heavy atom. The molecule has 2 heterocycles. The van der Waals surface area contributed by atoms with Crippen LogP contribution < -0.4 is 5.32 Å². The molecule has 1 N–H and O–H groups in total. The van der Waals surface area contributed by atoms with Gasteiger partial charge in [0.25, 0.3) is 0 Å². The molecule has 1 unspecified atom stereocenters. The molecule has 106 valence electrons. The molecule has 1 atom stereocenters. The molecule has 0 amide bonds. The molecule has 0 aliphatic carbocycles. The van der Waals surface area contributed by atoms with Crippen LogP contribution in [0.2, 0.25) is 0 Å². The zero-order valence-corrected chi connectivity index (χ0v) is 12.8. The molecular formula is C12H19N3O2S2. The van der Waals surface area contributed by atoms with Gasteiger partial charge in [-0.2, -0.15) is 16.1 Å².